The number of aromatic nitrogens is 3. The van der Waals surface area contributed by atoms with Crippen LogP contribution in [0.1, 0.15) is 25.1 Å². The maximum Gasteiger partial charge on any atom is 0.222 e. The van der Waals surface area contributed by atoms with Crippen LogP contribution in [0.5, 0.6) is 5.75 Å². The van der Waals surface area contributed by atoms with Gasteiger partial charge in [-0.05, 0) is 12.5 Å². The molecule has 1 N–H and O–H groups in total. The van der Waals surface area contributed by atoms with Gasteiger partial charge in [0.25, 0.3) is 0 Å². The molecule has 0 aliphatic carbocycles. The largest absolute Gasteiger partial charge is 0.497 e. The summed E-state index contributed by atoms with van der Waals surface area (Å²) in [5.74, 6) is 1.33. The van der Waals surface area contributed by atoms with Crippen LogP contribution in [0, 0.1) is 0 Å². The van der Waals surface area contributed by atoms with Crippen LogP contribution in [0.3, 0.4) is 0 Å². The van der Waals surface area contributed by atoms with Crippen molar-refractivity contribution in [2.24, 2.45) is 0 Å². The second-order valence-electron chi connectivity index (χ2n) is 5.73. The minimum Gasteiger partial charge on any atom is -0.497 e. The van der Waals surface area contributed by atoms with Crippen molar-refractivity contribution in [1.29, 1.82) is 0 Å². The molecular formula is C16H21N5O2. The summed E-state index contributed by atoms with van der Waals surface area (Å²) in [4.78, 5) is 17.8. The molecule has 0 unspecified atom stereocenters. The molecule has 3 heterocycles. The molecule has 122 valence electrons. The Labute approximate surface area is 135 Å². The van der Waals surface area contributed by atoms with Crippen LogP contribution >= 0.6 is 0 Å². The lowest BCUT2D eigenvalue weighted by Crippen LogP contribution is -2.22. The van der Waals surface area contributed by atoms with Crippen LogP contribution in [0.2, 0.25) is 0 Å². The number of carbonyl (C=O) groups is 1. The van der Waals surface area contributed by atoms with E-state index in [2.05, 4.69) is 20.3 Å². The van der Waals surface area contributed by atoms with Crippen molar-refractivity contribution in [2.45, 2.75) is 25.9 Å². The summed E-state index contributed by atoms with van der Waals surface area (Å²) in [5, 5.41) is 7.13. The fraction of sp³-hybridized carbons (Fsp3) is 0.438. The monoisotopic (exact) mass is 315 g/mol. The van der Waals surface area contributed by atoms with Gasteiger partial charge in [-0.3, -0.25) is 19.4 Å². The van der Waals surface area contributed by atoms with Crippen LogP contribution in [0.25, 0.3) is 0 Å². The molecule has 1 amide bonds. The summed E-state index contributed by atoms with van der Waals surface area (Å²) in [6.45, 7) is 4.20. The average molecular weight is 315 g/mol. The molecule has 0 spiro atoms. The zero-order valence-corrected chi connectivity index (χ0v) is 13.4. The smallest absolute Gasteiger partial charge is 0.222 e. The molecule has 1 saturated heterocycles. The standard InChI is InChI=1S/C16H21N5O2/c1-12(22)18-16-5-8-21(19-16)14-4-7-20(11-14)10-13-9-15(23-2)3-6-17-13/h3,5-6,8-9,14H,4,7,10-11H2,1-2H3,(H,18,19,22)/t14-/m0/s1. The molecule has 0 bridgehead atoms. The van der Waals surface area contributed by atoms with Crippen molar-refractivity contribution < 1.29 is 9.53 Å². The van der Waals surface area contributed by atoms with Gasteiger partial charge in [0.1, 0.15) is 5.75 Å². The molecule has 23 heavy (non-hydrogen) atoms. The van der Waals surface area contributed by atoms with Gasteiger partial charge in [-0.25, -0.2) is 0 Å². The Balaban J connectivity index is 1.59. The van der Waals surface area contributed by atoms with Crippen LogP contribution in [-0.4, -0.2) is 45.8 Å². The molecule has 2 aromatic heterocycles. The van der Waals surface area contributed by atoms with Crippen molar-refractivity contribution in [2.75, 3.05) is 25.5 Å². The molecule has 3 rings (SSSR count). The van der Waals surface area contributed by atoms with E-state index in [9.17, 15) is 4.79 Å². The quantitative estimate of drug-likeness (QED) is 0.909. The zero-order valence-electron chi connectivity index (χ0n) is 13.4. The van der Waals surface area contributed by atoms with E-state index in [1.54, 1.807) is 13.3 Å². The van der Waals surface area contributed by atoms with Gasteiger partial charge in [-0.2, -0.15) is 5.10 Å². The highest BCUT2D eigenvalue weighted by atomic mass is 16.5. The summed E-state index contributed by atoms with van der Waals surface area (Å²) in [6, 6.07) is 5.97. The van der Waals surface area contributed by atoms with Gasteiger partial charge in [0, 0.05) is 51.1 Å². The van der Waals surface area contributed by atoms with Gasteiger partial charge in [0.05, 0.1) is 18.8 Å². The molecule has 0 radical (unpaired) electrons. The first-order valence-corrected chi connectivity index (χ1v) is 7.68. The lowest BCUT2D eigenvalue weighted by atomic mass is 10.3. The van der Waals surface area contributed by atoms with Crippen LogP contribution < -0.4 is 10.1 Å². The fourth-order valence-electron chi connectivity index (χ4n) is 2.86. The van der Waals surface area contributed by atoms with Crippen molar-refractivity contribution in [3.05, 3.63) is 36.3 Å². The summed E-state index contributed by atoms with van der Waals surface area (Å²) in [6.07, 6.45) is 4.73. The van der Waals surface area contributed by atoms with E-state index >= 15 is 0 Å². The molecule has 1 aliphatic rings. The summed E-state index contributed by atoms with van der Waals surface area (Å²) < 4.78 is 7.17. The third-order valence-electron chi connectivity index (χ3n) is 3.94. The lowest BCUT2D eigenvalue weighted by Gasteiger charge is -2.16. The molecule has 1 atom stereocenters. The molecule has 1 fully saturated rings. The number of hydrogen-bond donors (Lipinski definition) is 1. The minimum atomic E-state index is -0.104. The van der Waals surface area contributed by atoms with Gasteiger partial charge in [0.2, 0.25) is 5.91 Å². The molecule has 7 heteroatoms. The molecule has 2 aromatic rings. The number of amides is 1. The number of nitrogens with one attached hydrogen (secondary N) is 1. The zero-order chi connectivity index (χ0) is 16.2. The van der Waals surface area contributed by atoms with E-state index in [1.807, 2.05) is 29.1 Å². The van der Waals surface area contributed by atoms with Crippen LogP contribution in [0.15, 0.2) is 30.6 Å². The highest BCUT2D eigenvalue weighted by Crippen LogP contribution is 2.23. The number of ether oxygens (including phenoxy) is 1. The first kappa shape index (κ1) is 15.5. The predicted octanol–water partition coefficient (Wildman–Crippen LogP) is 1.69. The maximum atomic E-state index is 11.1. The third-order valence-corrected chi connectivity index (χ3v) is 3.94. The van der Waals surface area contributed by atoms with Gasteiger partial charge in [-0.1, -0.05) is 0 Å². The normalized spacial score (nSPS) is 18.1. The van der Waals surface area contributed by atoms with E-state index in [1.165, 1.54) is 6.92 Å². The Bertz CT molecular complexity index is 685. The summed E-state index contributed by atoms with van der Waals surface area (Å²) in [7, 11) is 1.66. The fourth-order valence-corrected chi connectivity index (χ4v) is 2.86. The summed E-state index contributed by atoms with van der Waals surface area (Å²) in [5.41, 5.74) is 1.00. The Morgan fingerprint density at radius 2 is 2.35 bits per heavy atom. The number of anilines is 1. The number of carbonyl (C=O) groups excluding carboxylic acids is 1. The van der Waals surface area contributed by atoms with Gasteiger partial charge < -0.3 is 10.1 Å². The highest BCUT2D eigenvalue weighted by Gasteiger charge is 2.25. The Morgan fingerprint density at radius 1 is 1.48 bits per heavy atom. The van der Waals surface area contributed by atoms with Gasteiger partial charge in [0.15, 0.2) is 5.82 Å². The predicted molar refractivity (Wildman–Crippen MR) is 86.3 cm³/mol. The lowest BCUT2D eigenvalue weighted by molar-refractivity contribution is -0.114. The average Bonchev–Trinajstić information content (AvgIpc) is 3.16. The van der Waals surface area contributed by atoms with Crippen LogP contribution in [0.4, 0.5) is 5.82 Å². The minimum absolute atomic E-state index is 0.104. The maximum absolute atomic E-state index is 11.1. The second-order valence-corrected chi connectivity index (χ2v) is 5.73. The first-order valence-electron chi connectivity index (χ1n) is 7.68. The molecule has 1 aliphatic heterocycles. The third kappa shape index (κ3) is 3.87. The van der Waals surface area contributed by atoms with E-state index in [4.69, 9.17) is 4.74 Å². The van der Waals surface area contributed by atoms with Crippen molar-refractivity contribution in [3.8, 4) is 5.75 Å². The Morgan fingerprint density at radius 3 is 3.13 bits per heavy atom. The van der Waals surface area contributed by atoms with E-state index in [0.29, 0.717) is 11.9 Å². The van der Waals surface area contributed by atoms with E-state index in [-0.39, 0.29) is 5.91 Å². The number of methoxy groups -OCH3 is 1. The van der Waals surface area contributed by atoms with Gasteiger partial charge in [-0.15, -0.1) is 0 Å². The first-order chi connectivity index (χ1) is 11.1. The molecule has 0 saturated carbocycles. The van der Waals surface area contributed by atoms with Crippen molar-refractivity contribution >= 4 is 11.7 Å². The number of nitrogens with zero attached hydrogens (tertiary/aromatic N) is 4. The van der Waals surface area contributed by atoms with Crippen molar-refractivity contribution in [1.82, 2.24) is 19.7 Å². The molecule has 7 nitrogen and oxygen atoms in total. The van der Waals surface area contributed by atoms with E-state index in [0.717, 1.165) is 37.5 Å². The number of likely N-dealkylation sites (tertiary alicyclic amines) is 1. The SMILES string of the molecule is COc1ccnc(CN2CC[C@H](n3ccc(NC(C)=O)n3)C2)c1. The van der Waals surface area contributed by atoms with Gasteiger partial charge >= 0.3 is 0 Å². The second kappa shape index (κ2) is 6.78. The summed E-state index contributed by atoms with van der Waals surface area (Å²) >= 11 is 0. The topological polar surface area (TPSA) is 72.3 Å². The number of pyridine rings is 1. The Hall–Kier alpha value is -2.41. The Kier molecular flexibility index (Phi) is 4.57. The molecule has 0 aromatic carbocycles. The number of rotatable bonds is 5. The molecular weight excluding hydrogens is 294 g/mol. The highest BCUT2D eigenvalue weighted by molar-refractivity contribution is 5.87. The van der Waals surface area contributed by atoms with Crippen LogP contribution in [-0.2, 0) is 11.3 Å². The van der Waals surface area contributed by atoms with Crippen molar-refractivity contribution in [3.63, 3.8) is 0 Å². The van der Waals surface area contributed by atoms with E-state index < -0.39 is 0 Å². The number of hydrogen-bond acceptors (Lipinski definition) is 5.